The minimum atomic E-state index is -3.76. The van der Waals surface area contributed by atoms with Gasteiger partial charge in [0.15, 0.2) is 8.32 Å². The molecule has 0 radical (unpaired) electrons. The first-order valence-corrected chi connectivity index (χ1v) is 12.3. The Morgan fingerprint density at radius 1 is 1.13 bits per heavy atom. The smallest absolute Gasteiger partial charge is 0.297 e. The molecule has 0 fully saturated rings. The number of aryl methyl sites for hydroxylation is 1. The van der Waals surface area contributed by atoms with E-state index in [1.54, 1.807) is 24.3 Å². The van der Waals surface area contributed by atoms with Crippen molar-refractivity contribution < 1.29 is 17.0 Å². The molecule has 0 aromatic heterocycles. The molecule has 1 atom stereocenters. The zero-order valence-electron chi connectivity index (χ0n) is 15.3. The van der Waals surface area contributed by atoms with Crippen molar-refractivity contribution in [2.45, 2.75) is 70.2 Å². The van der Waals surface area contributed by atoms with Crippen LogP contribution in [-0.2, 0) is 18.7 Å². The SMILES string of the molecule is CCC(CO[Si](C)(C)C(C)(C)C)OS(=O)(=O)c1ccc(C)cc1. The first kappa shape index (κ1) is 20.4. The average Bonchev–Trinajstić information content (AvgIpc) is 2.42. The summed E-state index contributed by atoms with van der Waals surface area (Å²) in [6.07, 6.45) is 0.120. The van der Waals surface area contributed by atoms with Crippen LogP contribution >= 0.6 is 0 Å². The Balaban J connectivity index is 2.78. The van der Waals surface area contributed by atoms with E-state index in [0.29, 0.717) is 13.0 Å². The molecular formula is C17H30O4SSi. The predicted octanol–water partition coefficient (Wildman–Crippen LogP) is 4.50. The molecule has 23 heavy (non-hydrogen) atoms. The summed E-state index contributed by atoms with van der Waals surface area (Å²) in [7, 11) is -5.68. The first-order chi connectivity index (χ1) is 10.4. The van der Waals surface area contributed by atoms with Crippen molar-refractivity contribution in [3.05, 3.63) is 29.8 Å². The van der Waals surface area contributed by atoms with Gasteiger partial charge in [-0.15, -0.1) is 0 Å². The molecule has 6 heteroatoms. The predicted molar refractivity (Wildman–Crippen MR) is 96.7 cm³/mol. The summed E-state index contributed by atoms with van der Waals surface area (Å²) < 4.78 is 36.2. The fourth-order valence-electron chi connectivity index (χ4n) is 1.67. The van der Waals surface area contributed by atoms with Crippen molar-refractivity contribution in [1.29, 1.82) is 0 Å². The quantitative estimate of drug-likeness (QED) is 0.532. The third-order valence-corrected chi connectivity index (χ3v) is 10.3. The van der Waals surface area contributed by atoms with Gasteiger partial charge < -0.3 is 4.43 Å². The van der Waals surface area contributed by atoms with Crippen LogP contribution in [0.3, 0.4) is 0 Å². The molecule has 0 saturated carbocycles. The molecule has 0 saturated heterocycles. The van der Waals surface area contributed by atoms with E-state index in [2.05, 4.69) is 33.9 Å². The Bertz CT molecular complexity index is 600. The zero-order chi connectivity index (χ0) is 17.9. The summed E-state index contributed by atoms with van der Waals surface area (Å²) in [5.41, 5.74) is 1.01. The summed E-state index contributed by atoms with van der Waals surface area (Å²) in [5.74, 6) is 0. The molecule has 0 aliphatic heterocycles. The van der Waals surface area contributed by atoms with Gasteiger partial charge in [-0.1, -0.05) is 45.4 Å². The lowest BCUT2D eigenvalue weighted by atomic mass is 10.2. The largest absolute Gasteiger partial charge is 0.414 e. The van der Waals surface area contributed by atoms with Gasteiger partial charge >= 0.3 is 0 Å². The molecule has 1 aromatic carbocycles. The molecule has 132 valence electrons. The summed E-state index contributed by atoms with van der Waals surface area (Å²) in [5, 5.41) is 0.0844. The highest BCUT2D eigenvalue weighted by Gasteiger charge is 2.38. The molecule has 0 aliphatic rings. The fourth-order valence-corrected chi connectivity index (χ4v) is 3.84. The van der Waals surface area contributed by atoms with Crippen LogP contribution in [0.4, 0.5) is 0 Å². The van der Waals surface area contributed by atoms with Crippen LogP contribution in [0.25, 0.3) is 0 Å². The van der Waals surface area contributed by atoms with Crippen LogP contribution in [0.1, 0.15) is 39.7 Å². The number of benzene rings is 1. The Morgan fingerprint density at radius 3 is 2.09 bits per heavy atom. The molecule has 1 rings (SSSR count). The second-order valence-corrected chi connectivity index (χ2v) is 13.8. The lowest BCUT2D eigenvalue weighted by Gasteiger charge is -2.37. The van der Waals surface area contributed by atoms with Gasteiger partial charge in [-0.25, -0.2) is 0 Å². The van der Waals surface area contributed by atoms with Gasteiger partial charge in [0.1, 0.15) is 0 Å². The molecule has 0 bridgehead atoms. The number of hydrogen-bond donors (Lipinski definition) is 0. The second-order valence-electron chi connectivity index (χ2n) is 7.46. The third kappa shape index (κ3) is 5.71. The molecule has 0 N–H and O–H groups in total. The molecule has 0 amide bonds. The highest BCUT2D eigenvalue weighted by Crippen LogP contribution is 2.36. The fraction of sp³-hybridized carbons (Fsp3) is 0.647. The normalized spacial score (nSPS) is 14.7. The standard InChI is InChI=1S/C17H30O4SSi/c1-8-15(13-20-23(6,7)17(3,4)5)21-22(18,19)16-11-9-14(2)10-12-16/h9-12,15H,8,13H2,1-7H3. The van der Waals surface area contributed by atoms with Gasteiger partial charge in [-0.3, -0.25) is 4.18 Å². The van der Waals surface area contributed by atoms with Crippen LogP contribution in [0, 0.1) is 6.92 Å². The number of rotatable bonds is 7. The van der Waals surface area contributed by atoms with Crippen molar-refractivity contribution in [3.8, 4) is 0 Å². The summed E-state index contributed by atoms with van der Waals surface area (Å²) >= 11 is 0. The summed E-state index contributed by atoms with van der Waals surface area (Å²) in [6, 6.07) is 6.69. The molecular weight excluding hydrogens is 328 g/mol. The van der Waals surface area contributed by atoms with Crippen molar-refractivity contribution in [3.63, 3.8) is 0 Å². The van der Waals surface area contributed by atoms with Gasteiger partial charge in [-0.05, 0) is 43.6 Å². The van der Waals surface area contributed by atoms with Gasteiger partial charge in [0.2, 0.25) is 0 Å². The Hall–Kier alpha value is -0.693. The highest BCUT2D eigenvalue weighted by molar-refractivity contribution is 7.86. The minimum Gasteiger partial charge on any atom is -0.414 e. The van der Waals surface area contributed by atoms with Gasteiger partial charge in [-0.2, -0.15) is 8.42 Å². The molecule has 1 aromatic rings. The average molecular weight is 359 g/mol. The van der Waals surface area contributed by atoms with Crippen molar-refractivity contribution in [2.75, 3.05) is 6.61 Å². The number of hydrogen-bond acceptors (Lipinski definition) is 4. The van der Waals surface area contributed by atoms with Crippen LogP contribution in [-0.4, -0.2) is 29.4 Å². The monoisotopic (exact) mass is 358 g/mol. The van der Waals surface area contributed by atoms with Crippen molar-refractivity contribution in [1.82, 2.24) is 0 Å². The van der Waals surface area contributed by atoms with Crippen LogP contribution in [0.5, 0.6) is 0 Å². The van der Waals surface area contributed by atoms with Crippen molar-refractivity contribution >= 4 is 18.4 Å². The maximum atomic E-state index is 12.4. The molecule has 0 aliphatic carbocycles. The Kier molecular flexibility index (Phi) is 6.61. The van der Waals surface area contributed by atoms with E-state index < -0.39 is 24.5 Å². The maximum absolute atomic E-state index is 12.4. The van der Waals surface area contributed by atoms with E-state index >= 15 is 0 Å². The molecule has 0 heterocycles. The van der Waals surface area contributed by atoms with E-state index in [0.717, 1.165) is 5.56 Å². The minimum absolute atomic E-state index is 0.0844. The van der Waals surface area contributed by atoms with Crippen LogP contribution < -0.4 is 0 Å². The maximum Gasteiger partial charge on any atom is 0.297 e. The topological polar surface area (TPSA) is 52.6 Å². The second kappa shape index (κ2) is 7.47. The van der Waals surface area contributed by atoms with Crippen molar-refractivity contribution in [2.24, 2.45) is 0 Å². The lowest BCUT2D eigenvalue weighted by Crippen LogP contribution is -2.43. The third-order valence-electron chi connectivity index (χ3n) is 4.46. The van der Waals surface area contributed by atoms with Crippen LogP contribution in [0.2, 0.25) is 18.1 Å². The summed E-state index contributed by atoms with van der Waals surface area (Å²) in [6.45, 7) is 14.9. The van der Waals surface area contributed by atoms with E-state index in [1.165, 1.54) is 0 Å². The first-order valence-electron chi connectivity index (χ1n) is 8.03. The van der Waals surface area contributed by atoms with E-state index in [1.807, 2.05) is 13.8 Å². The van der Waals surface area contributed by atoms with Crippen LogP contribution in [0.15, 0.2) is 29.2 Å². The van der Waals surface area contributed by atoms with Gasteiger partial charge in [0, 0.05) is 0 Å². The van der Waals surface area contributed by atoms with E-state index in [-0.39, 0.29) is 9.93 Å². The molecule has 4 nitrogen and oxygen atoms in total. The molecule has 1 unspecified atom stereocenters. The highest BCUT2D eigenvalue weighted by atomic mass is 32.2. The summed E-state index contributed by atoms with van der Waals surface area (Å²) in [4.78, 5) is 0.189. The Labute approximate surface area is 142 Å². The van der Waals surface area contributed by atoms with Gasteiger partial charge in [0.05, 0.1) is 17.6 Å². The zero-order valence-corrected chi connectivity index (χ0v) is 17.2. The van der Waals surface area contributed by atoms with Gasteiger partial charge in [0.25, 0.3) is 10.1 Å². The van der Waals surface area contributed by atoms with E-state index in [4.69, 9.17) is 8.61 Å². The van der Waals surface area contributed by atoms with E-state index in [9.17, 15) is 8.42 Å². The molecule has 0 spiro atoms. The Morgan fingerprint density at radius 2 is 1.65 bits per heavy atom. The lowest BCUT2D eigenvalue weighted by molar-refractivity contribution is 0.122.